The van der Waals surface area contributed by atoms with E-state index in [-0.39, 0.29) is 17.9 Å². The molecule has 0 radical (unpaired) electrons. The van der Waals surface area contributed by atoms with E-state index in [0.29, 0.717) is 42.5 Å². The average molecular weight is 424 g/mol. The van der Waals surface area contributed by atoms with Crippen molar-refractivity contribution in [2.45, 2.75) is 83.3 Å². The first kappa shape index (κ1) is 24.8. The fourth-order valence-electron chi connectivity index (χ4n) is 4.56. The molecule has 0 saturated carbocycles. The molecule has 3 N–H and O–H groups in total. The topological polar surface area (TPSA) is 90.9 Å². The first-order valence-electron chi connectivity index (χ1n) is 11.8. The smallest absolute Gasteiger partial charge is 0.245 e. The van der Waals surface area contributed by atoms with Gasteiger partial charge in [0.15, 0.2) is 0 Å². The van der Waals surface area contributed by atoms with Crippen LogP contribution in [-0.4, -0.2) is 61.0 Å². The third kappa shape index (κ3) is 8.36. The van der Waals surface area contributed by atoms with Crippen LogP contribution in [0.3, 0.4) is 0 Å². The van der Waals surface area contributed by atoms with Crippen LogP contribution in [0.15, 0.2) is 12.2 Å². The largest absolute Gasteiger partial charge is 0.374 e. The van der Waals surface area contributed by atoms with Gasteiger partial charge in [0.2, 0.25) is 11.8 Å². The number of hydroxylamine groups is 2. The van der Waals surface area contributed by atoms with Crippen molar-refractivity contribution in [1.29, 1.82) is 0 Å². The lowest BCUT2D eigenvalue weighted by atomic mass is 9.77. The molecule has 2 saturated heterocycles. The maximum absolute atomic E-state index is 12.2. The summed E-state index contributed by atoms with van der Waals surface area (Å²) in [5, 5.41) is 16.0. The average Bonchev–Trinajstić information content (AvgIpc) is 3.33. The van der Waals surface area contributed by atoms with Crippen molar-refractivity contribution in [1.82, 2.24) is 15.7 Å². The summed E-state index contributed by atoms with van der Waals surface area (Å²) in [7, 11) is 1.36. The highest BCUT2D eigenvalue weighted by atomic mass is 16.5. The van der Waals surface area contributed by atoms with E-state index >= 15 is 0 Å². The molecule has 2 fully saturated rings. The lowest BCUT2D eigenvalue weighted by Crippen LogP contribution is -2.41. The molecular formula is C23H41N3O4. The Balaban J connectivity index is 1.64. The molecule has 0 spiro atoms. The first-order chi connectivity index (χ1) is 14.5. The quantitative estimate of drug-likeness (QED) is 0.163. The van der Waals surface area contributed by atoms with Gasteiger partial charge in [-0.25, -0.2) is 5.06 Å². The molecule has 2 amide bonds. The molecule has 0 aliphatic carbocycles. The summed E-state index contributed by atoms with van der Waals surface area (Å²) < 4.78 is 6.12. The van der Waals surface area contributed by atoms with Gasteiger partial charge in [-0.15, -0.1) is 0 Å². The minimum Gasteiger partial charge on any atom is -0.374 e. The third-order valence-corrected chi connectivity index (χ3v) is 6.32. The van der Waals surface area contributed by atoms with Crippen molar-refractivity contribution < 1.29 is 19.5 Å². The molecule has 0 aromatic carbocycles. The van der Waals surface area contributed by atoms with Crippen LogP contribution in [-0.2, 0) is 14.3 Å². The minimum atomic E-state index is -0.254. The van der Waals surface area contributed by atoms with E-state index in [1.165, 1.54) is 26.3 Å². The summed E-state index contributed by atoms with van der Waals surface area (Å²) in [5.74, 6) is 0.649. The fraction of sp³-hybridized carbons (Fsp3) is 0.826. The van der Waals surface area contributed by atoms with E-state index in [1.54, 1.807) is 0 Å². The molecule has 7 heteroatoms. The number of amides is 2. The lowest BCUT2D eigenvalue weighted by molar-refractivity contribution is -0.159. The second-order valence-electron chi connectivity index (χ2n) is 8.68. The van der Waals surface area contributed by atoms with Crippen LogP contribution in [0.1, 0.15) is 71.1 Å². The number of carbonyl (C=O) groups is 2. The Kier molecular flexibility index (Phi) is 11.4. The molecule has 30 heavy (non-hydrogen) atoms. The van der Waals surface area contributed by atoms with Gasteiger partial charge < -0.3 is 15.4 Å². The van der Waals surface area contributed by atoms with E-state index in [0.717, 1.165) is 45.1 Å². The Morgan fingerprint density at radius 2 is 1.87 bits per heavy atom. The molecule has 0 aromatic heterocycles. The van der Waals surface area contributed by atoms with Crippen LogP contribution in [0.5, 0.6) is 0 Å². The summed E-state index contributed by atoms with van der Waals surface area (Å²) in [6, 6.07) is 0. The van der Waals surface area contributed by atoms with Crippen LogP contribution >= 0.6 is 0 Å². The number of allylic oxidation sites excluding steroid dienone is 2. The number of hydrogen-bond acceptors (Lipinski definition) is 5. The molecule has 0 aromatic rings. The van der Waals surface area contributed by atoms with Crippen LogP contribution in [0.4, 0.5) is 0 Å². The zero-order valence-electron chi connectivity index (χ0n) is 18.8. The fourth-order valence-corrected chi connectivity index (χ4v) is 4.56. The Hall–Kier alpha value is -1.44. The van der Waals surface area contributed by atoms with Crippen LogP contribution in [0.2, 0.25) is 0 Å². The van der Waals surface area contributed by atoms with Crippen molar-refractivity contribution in [3.63, 3.8) is 0 Å². The van der Waals surface area contributed by atoms with Crippen molar-refractivity contribution >= 4 is 11.8 Å². The number of fused-ring (bicyclic) bond motifs is 2. The van der Waals surface area contributed by atoms with Gasteiger partial charge in [-0.1, -0.05) is 38.3 Å². The van der Waals surface area contributed by atoms with E-state index in [2.05, 4.69) is 29.7 Å². The number of rotatable bonds is 15. The first-order valence-corrected chi connectivity index (χ1v) is 11.8. The molecule has 2 aliphatic rings. The number of nitrogens with zero attached hydrogens (tertiary/aromatic N) is 1. The number of carbonyl (C=O) groups excluding carboxylic acids is 2. The predicted molar refractivity (Wildman–Crippen MR) is 117 cm³/mol. The Morgan fingerprint density at radius 1 is 1.10 bits per heavy atom. The number of unbranched alkanes of at least 4 members (excludes halogenated alkanes) is 4. The second-order valence-corrected chi connectivity index (χ2v) is 8.68. The lowest BCUT2D eigenvalue weighted by Gasteiger charge is -2.27. The van der Waals surface area contributed by atoms with Gasteiger partial charge in [0, 0.05) is 25.9 Å². The Labute approximate surface area is 181 Å². The molecule has 2 rings (SSSR count). The standard InChI is InChI=1S/C23H41N3O4/c1-3-4-5-10-15-24-17-22(27)25-16-19-18(20-13-14-21(19)30-20)11-8-6-7-9-12-23(28)26(2)29/h6,8,18-21,24,29H,3-5,7,9-17H2,1-2H3,(H,25,27)/t18-,19+,20-,21+/m0/s1. The predicted octanol–water partition coefficient (Wildman–Crippen LogP) is 3.03. The van der Waals surface area contributed by atoms with E-state index < -0.39 is 0 Å². The molecule has 7 nitrogen and oxygen atoms in total. The van der Waals surface area contributed by atoms with Crippen molar-refractivity contribution in [2.24, 2.45) is 11.8 Å². The van der Waals surface area contributed by atoms with Crippen LogP contribution in [0, 0.1) is 11.8 Å². The van der Waals surface area contributed by atoms with Gasteiger partial charge in [0.25, 0.3) is 0 Å². The second kappa shape index (κ2) is 13.8. The van der Waals surface area contributed by atoms with Gasteiger partial charge >= 0.3 is 0 Å². The van der Waals surface area contributed by atoms with Crippen molar-refractivity contribution in [3.8, 4) is 0 Å². The highest BCUT2D eigenvalue weighted by Gasteiger charge is 2.47. The summed E-state index contributed by atoms with van der Waals surface area (Å²) in [4.78, 5) is 23.5. The summed E-state index contributed by atoms with van der Waals surface area (Å²) in [6.07, 6.45) is 14.8. The maximum Gasteiger partial charge on any atom is 0.245 e. The van der Waals surface area contributed by atoms with E-state index in [9.17, 15) is 9.59 Å². The van der Waals surface area contributed by atoms with Gasteiger partial charge in [0.05, 0.1) is 18.8 Å². The highest BCUT2D eigenvalue weighted by Crippen LogP contribution is 2.44. The molecule has 0 unspecified atom stereocenters. The zero-order chi connectivity index (χ0) is 21.8. The minimum absolute atomic E-state index is 0.0704. The zero-order valence-corrected chi connectivity index (χ0v) is 18.8. The van der Waals surface area contributed by atoms with Gasteiger partial charge in [-0.05, 0) is 51.0 Å². The summed E-state index contributed by atoms with van der Waals surface area (Å²) in [6.45, 7) is 4.18. The summed E-state index contributed by atoms with van der Waals surface area (Å²) in [5.41, 5.74) is 0. The number of nitrogens with one attached hydrogen (secondary N) is 2. The maximum atomic E-state index is 12.2. The normalized spacial score (nSPS) is 25.2. The van der Waals surface area contributed by atoms with Gasteiger partial charge in [-0.3, -0.25) is 14.8 Å². The van der Waals surface area contributed by atoms with Crippen LogP contribution < -0.4 is 10.6 Å². The van der Waals surface area contributed by atoms with Gasteiger partial charge in [0.1, 0.15) is 0 Å². The van der Waals surface area contributed by atoms with E-state index in [1.807, 2.05) is 0 Å². The SMILES string of the molecule is CCCCCCNCC(=O)NC[C@@H]1[C@H](CC=CCCCC(=O)N(C)O)[C@@H]2CC[C@H]1O2. The molecule has 2 heterocycles. The van der Waals surface area contributed by atoms with Crippen molar-refractivity contribution in [3.05, 3.63) is 12.2 Å². The Morgan fingerprint density at radius 3 is 2.60 bits per heavy atom. The third-order valence-electron chi connectivity index (χ3n) is 6.32. The molecule has 2 aliphatic heterocycles. The number of ether oxygens (including phenoxy) is 1. The Bertz CT molecular complexity index is 553. The highest BCUT2D eigenvalue weighted by molar-refractivity contribution is 5.78. The molecule has 172 valence electrons. The summed E-state index contributed by atoms with van der Waals surface area (Å²) >= 11 is 0. The van der Waals surface area contributed by atoms with E-state index in [4.69, 9.17) is 9.94 Å². The molecule has 2 bridgehead atoms. The monoisotopic (exact) mass is 423 g/mol. The molecular weight excluding hydrogens is 382 g/mol. The van der Waals surface area contributed by atoms with Crippen molar-refractivity contribution in [2.75, 3.05) is 26.7 Å². The van der Waals surface area contributed by atoms with Crippen LogP contribution in [0.25, 0.3) is 0 Å². The number of hydrogen-bond donors (Lipinski definition) is 3. The van der Waals surface area contributed by atoms with Gasteiger partial charge in [-0.2, -0.15) is 0 Å². The molecule has 4 atom stereocenters.